The van der Waals surface area contributed by atoms with Crippen LogP contribution < -0.4 is 5.32 Å². The van der Waals surface area contributed by atoms with Crippen molar-refractivity contribution in [2.45, 2.75) is 39.2 Å². The molecule has 106 valence electrons. The van der Waals surface area contributed by atoms with E-state index in [0.29, 0.717) is 6.04 Å². The number of rotatable bonds is 7. The number of nitrogens with one attached hydrogen (secondary N) is 1. The van der Waals surface area contributed by atoms with E-state index in [1.54, 1.807) is 12.1 Å². The van der Waals surface area contributed by atoms with E-state index in [1.165, 1.54) is 24.1 Å². The number of likely N-dealkylation sites (N-methyl/N-ethyl adjacent to an activating group) is 1. The first-order valence-electron chi connectivity index (χ1n) is 7.48. The molecule has 19 heavy (non-hydrogen) atoms. The molecule has 0 amide bonds. The summed E-state index contributed by atoms with van der Waals surface area (Å²) in [5.41, 5.74) is 2.47. The first-order valence-corrected chi connectivity index (χ1v) is 7.48. The molecule has 0 saturated heterocycles. The summed E-state index contributed by atoms with van der Waals surface area (Å²) in [5, 5.41) is 3.62. The van der Waals surface area contributed by atoms with Crippen LogP contribution in [-0.4, -0.2) is 31.1 Å². The maximum atomic E-state index is 13.2. The third-order valence-corrected chi connectivity index (χ3v) is 3.99. The predicted molar refractivity (Wildman–Crippen MR) is 77.9 cm³/mol. The number of benzene rings is 1. The van der Waals surface area contributed by atoms with E-state index in [4.69, 9.17) is 0 Å². The van der Waals surface area contributed by atoms with E-state index >= 15 is 0 Å². The summed E-state index contributed by atoms with van der Waals surface area (Å²) in [7, 11) is 0. The van der Waals surface area contributed by atoms with Gasteiger partial charge in [0, 0.05) is 19.1 Å². The van der Waals surface area contributed by atoms with Gasteiger partial charge in [-0.1, -0.05) is 19.9 Å². The minimum absolute atomic E-state index is 0.112. The van der Waals surface area contributed by atoms with Gasteiger partial charge in [0.15, 0.2) is 0 Å². The molecule has 0 heterocycles. The van der Waals surface area contributed by atoms with Gasteiger partial charge in [-0.2, -0.15) is 0 Å². The summed E-state index contributed by atoms with van der Waals surface area (Å²) in [6, 6.07) is 5.62. The molecule has 1 aromatic carbocycles. The maximum Gasteiger partial charge on any atom is 0.123 e. The van der Waals surface area contributed by atoms with Crippen LogP contribution in [0, 0.1) is 5.82 Å². The third-order valence-electron chi connectivity index (χ3n) is 3.99. The molecule has 1 atom stereocenters. The first kappa shape index (κ1) is 14.5. The molecule has 1 unspecified atom stereocenters. The van der Waals surface area contributed by atoms with Gasteiger partial charge in [0.1, 0.15) is 5.82 Å². The van der Waals surface area contributed by atoms with Crippen LogP contribution >= 0.6 is 0 Å². The molecule has 0 spiro atoms. The highest BCUT2D eigenvalue weighted by Crippen LogP contribution is 2.31. The standard InChI is InChI=1S/C16H25FN2/c1-3-10-19(4-2)11-9-18-16-8-5-13-12-14(17)6-7-15(13)16/h6-7,12,16,18H,3-5,8-11H2,1-2H3. The topological polar surface area (TPSA) is 15.3 Å². The highest BCUT2D eigenvalue weighted by molar-refractivity contribution is 5.34. The van der Waals surface area contributed by atoms with Gasteiger partial charge in [0.25, 0.3) is 0 Å². The van der Waals surface area contributed by atoms with Gasteiger partial charge < -0.3 is 10.2 Å². The second kappa shape index (κ2) is 7.01. The fourth-order valence-corrected chi connectivity index (χ4v) is 2.94. The van der Waals surface area contributed by atoms with Gasteiger partial charge in [0.2, 0.25) is 0 Å². The molecule has 0 aromatic heterocycles. The van der Waals surface area contributed by atoms with Crippen LogP contribution in [0.1, 0.15) is 43.9 Å². The number of fused-ring (bicyclic) bond motifs is 1. The number of hydrogen-bond acceptors (Lipinski definition) is 2. The highest BCUT2D eigenvalue weighted by atomic mass is 19.1. The molecule has 1 N–H and O–H groups in total. The summed E-state index contributed by atoms with van der Waals surface area (Å²) in [6.07, 6.45) is 3.30. The molecule has 1 aliphatic carbocycles. The largest absolute Gasteiger partial charge is 0.309 e. The van der Waals surface area contributed by atoms with Gasteiger partial charge in [-0.3, -0.25) is 0 Å². The van der Waals surface area contributed by atoms with Crippen molar-refractivity contribution in [1.29, 1.82) is 0 Å². The second-order valence-corrected chi connectivity index (χ2v) is 5.32. The monoisotopic (exact) mass is 264 g/mol. The number of halogens is 1. The van der Waals surface area contributed by atoms with Crippen molar-refractivity contribution in [3.63, 3.8) is 0 Å². The summed E-state index contributed by atoms with van der Waals surface area (Å²) in [5.74, 6) is -0.112. The Balaban J connectivity index is 1.83. The third kappa shape index (κ3) is 3.77. The van der Waals surface area contributed by atoms with Crippen molar-refractivity contribution in [2.24, 2.45) is 0 Å². The van der Waals surface area contributed by atoms with Crippen molar-refractivity contribution < 1.29 is 4.39 Å². The summed E-state index contributed by atoms with van der Waals surface area (Å²) in [6.45, 7) is 8.82. The molecule has 0 aliphatic heterocycles. The Labute approximate surface area is 116 Å². The average molecular weight is 264 g/mol. The van der Waals surface area contributed by atoms with E-state index < -0.39 is 0 Å². The van der Waals surface area contributed by atoms with Crippen LogP contribution in [0.4, 0.5) is 4.39 Å². The first-order chi connectivity index (χ1) is 9.24. The maximum absolute atomic E-state index is 13.2. The van der Waals surface area contributed by atoms with Crippen LogP contribution in [0.15, 0.2) is 18.2 Å². The smallest absolute Gasteiger partial charge is 0.123 e. The Morgan fingerprint density at radius 2 is 2.16 bits per heavy atom. The lowest BCUT2D eigenvalue weighted by atomic mass is 10.1. The molecular formula is C16H25FN2. The fraction of sp³-hybridized carbons (Fsp3) is 0.625. The Hall–Kier alpha value is -0.930. The lowest BCUT2D eigenvalue weighted by Gasteiger charge is -2.21. The van der Waals surface area contributed by atoms with Crippen molar-refractivity contribution in [3.05, 3.63) is 35.1 Å². The number of aryl methyl sites for hydroxylation is 1. The molecule has 1 aliphatic rings. The number of nitrogens with zero attached hydrogens (tertiary/aromatic N) is 1. The van der Waals surface area contributed by atoms with E-state index in [-0.39, 0.29) is 5.82 Å². The zero-order valence-electron chi connectivity index (χ0n) is 12.1. The molecule has 0 fully saturated rings. The molecule has 2 nitrogen and oxygen atoms in total. The molecule has 1 aromatic rings. The van der Waals surface area contributed by atoms with Crippen LogP contribution in [0.5, 0.6) is 0 Å². The van der Waals surface area contributed by atoms with Gasteiger partial charge in [-0.05, 0) is 55.6 Å². The summed E-state index contributed by atoms with van der Waals surface area (Å²) >= 11 is 0. The SMILES string of the molecule is CCCN(CC)CCNC1CCc2cc(F)ccc21. The minimum Gasteiger partial charge on any atom is -0.309 e. The van der Waals surface area contributed by atoms with Crippen LogP contribution in [0.3, 0.4) is 0 Å². The summed E-state index contributed by atoms with van der Waals surface area (Å²) in [4.78, 5) is 2.47. The number of hydrogen-bond donors (Lipinski definition) is 1. The van der Waals surface area contributed by atoms with Crippen molar-refractivity contribution >= 4 is 0 Å². The van der Waals surface area contributed by atoms with E-state index in [9.17, 15) is 4.39 Å². The quantitative estimate of drug-likeness (QED) is 0.814. The predicted octanol–water partition coefficient (Wildman–Crippen LogP) is 3.13. The molecular weight excluding hydrogens is 239 g/mol. The summed E-state index contributed by atoms with van der Waals surface area (Å²) < 4.78 is 13.2. The van der Waals surface area contributed by atoms with Crippen molar-refractivity contribution in [1.82, 2.24) is 10.2 Å². The van der Waals surface area contributed by atoms with Crippen molar-refractivity contribution in [2.75, 3.05) is 26.2 Å². The van der Waals surface area contributed by atoms with Crippen molar-refractivity contribution in [3.8, 4) is 0 Å². The molecule has 2 rings (SSSR count). The van der Waals surface area contributed by atoms with Gasteiger partial charge in [-0.15, -0.1) is 0 Å². The van der Waals surface area contributed by atoms with Gasteiger partial charge in [-0.25, -0.2) is 4.39 Å². The second-order valence-electron chi connectivity index (χ2n) is 5.32. The zero-order valence-corrected chi connectivity index (χ0v) is 12.1. The Morgan fingerprint density at radius 3 is 2.89 bits per heavy atom. The van der Waals surface area contributed by atoms with Gasteiger partial charge in [0.05, 0.1) is 0 Å². The van der Waals surface area contributed by atoms with Crippen LogP contribution in [0.25, 0.3) is 0 Å². The highest BCUT2D eigenvalue weighted by Gasteiger charge is 2.22. The Bertz CT molecular complexity index is 406. The molecule has 0 bridgehead atoms. The average Bonchev–Trinajstić information content (AvgIpc) is 2.80. The molecule has 0 radical (unpaired) electrons. The minimum atomic E-state index is -0.112. The van der Waals surface area contributed by atoms with E-state index in [2.05, 4.69) is 24.1 Å². The van der Waals surface area contributed by atoms with E-state index in [1.807, 2.05) is 6.07 Å². The Kier molecular flexibility index (Phi) is 5.34. The lowest BCUT2D eigenvalue weighted by Crippen LogP contribution is -2.33. The van der Waals surface area contributed by atoms with E-state index in [0.717, 1.165) is 32.5 Å². The fourth-order valence-electron chi connectivity index (χ4n) is 2.94. The van der Waals surface area contributed by atoms with Crippen LogP contribution in [0.2, 0.25) is 0 Å². The Morgan fingerprint density at radius 1 is 1.32 bits per heavy atom. The van der Waals surface area contributed by atoms with Crippen LogP contribution in [-0.2, 0) is 6.42 Å². The zero-order chi connectivity index (χ0) is 13.7. The lowest BCUT2D eigenvalue weighted by molar-refractivity contribution is 0.282. The normalized spacial score (nSPS) is 18.0. The molecule has 0 saturated carbocycles. The molecule has 3 heteroatoms. The van der Waals surface area contributed by atoms with Gasteiger partial charge >= 0.3 is 0 Å².